The maximum absolute atomic E-state index is 11.9. The van der Waals surface area contributed by atoms with Gasteiger partial charge in [-0.05, 0) is 37.4 Å². The number of thioether (sulfide) groups is 1. The average molecular weight is 356 g/mol. The average Bonchev–Trinajstić information content (AvgIpc) is 2.59. The van der Waals surface area contributed by atoms with Gasteiger partial charge in [0.15, 0.2) is 0 Å². The van der Waals surface area contributed by atoms with E-state index in [0.717, 1.165) is 17.5 Å². The molecule has 5 heteroatoms. The minimum absolute atomic E-state index is 0.141. The van der Waals surface area contributed by atoms with Gasteiger partial charge in [-0.3, -0.25) is 0 Å². The quantitative estimate of drug-likeness (QED) is 0.545. The first-order valence-corrected chi connectivity index (χ1v) is 9.40. The second-order valence-electron chi connectivity index (χ2n) is 6.34. The predicted molar refractivity (Wildman–Crippen MR) is 101 cm³/mol. The molecule has 0 fully saturated rings. The summed E-state index contributed by atoms with van der Waals surface area (Å²) in [4.78, 5) is 14.4. The smallest absolute Gasteiger partial charge is 0.336 e. The fourth-order valence-electron chi connectivity index (χ4n) is 3.04. The van der Waals surface area contributed by atoms with E-state index in [-0.39, 0.29) is 11.4 Å². The monoisotopic (exact) mass is 356 g/mol. The molecule has 1 unspecified atom stereocenters. The van der Waals surface area contributed by atoms with Crippen LogP contribution in [0.4, 0.5) is 0 Å². The van der Waals surface area contributed by atoms with Gasteiger partial charge in [0.2, 0.25) is 0 Å². The Morgan fingerprint density at radius 1 is 1.12 bits per heavy atom. The fourth-order valence-corrected chi connectivity index (χ4v) is 3.45. The molecule has 3 aromatic rings. The van der Waals surface area contributed by atoms with Crippen molar-refractivity contribution in [3.63, 3.8) is 0 Å². The number of phenols is 1. The lowest BCUT2D eigenvalue weighted by atomic mass is 10.1. The van der Waals surface area contributed by atoms with E-state index in [1.54, 1.807) is 30.8 Å². The third-order valence-electron chi connectivity index (χ3n) is 4.38. The molecule has 1 aromatic heterocycles. The summed E-state index contributed by atoms with van der Waals surface area (Å²) >= 11 is 1.73. The van der Waals surface area contributed by atoms with E-state index >= 15 is 0 Å². The Kier molecular flexibility index (Phi) is 5.16. The van der Waals surface area contributed by atoms with E-state index < -0.39 is 0 Å². The van der Waals surface area contributed by atoms with Gasteiger partial charge in [-0.15, -0.1) is 11.8 Å². The van der Waals surface area contributed by atoms with Crippen molar-refractivity contribution in [2.24, 2.45) is 0 Å². The van der Waals surface area contributed by atoms with Crippen molar-refractivity contribution in [2.75, 3.05) is 13.3 Å². The summed E-state index contributed by atoms with van der Waals surface area (Å²) in [5.74, 6) is 0.141. The lowest BCUT2D eigenvalue weighted by Crippen LogP contribution is -3.06. The number of nitrogens with one attached hydrogen (secondary N) is 1. The molecule has 0 aliphatic heterocycles. The Balaban J connectivity index is 1.86. The lowest BCUT2D eigenvalue weighted by molar-refractivity contribution is -0.907. The van der Waals surface area contributed by atoms with E-state index in [2.05, 4.69) is 37.6 Å². The number of aryl methyl sites for hydroxylation is 1. The number of quaternary nitrogens is 1. The first-order chi connectivity index (χ1) is 12.0. The van der Waals surface area contributed by atoms with Crippen LogP contribution >= 0.6 is 11.8 Å². The van der Waals surface area contributed by atoms with Crippen molar-refractivity contribution in [2.45, 2.75) is 24.9 Å². The van der Waals surface area contributed by atoms with E-state index in [4.69, 9.17) is 4.42 Å². The zero-order chi connectivity index (χ0) is 18.0. The van der Waals surface area contributed by atoms with Gasteiger partial charge >= 0.3 is 5.63 Å². The van der Waals surface area contributed by atoms with Crippen LogP contribution in [-0.4, -0.2) is 18.4 Å². The van der Waals surface area contributed by atoms with Gasteiger partial charge in [-0.1, -0.05) is 12.1 Å². The predicted octanol–water partition coefficient (Wildman–Crippen LogP) is 2.74. The topological polar surface area (TPSA) is 54.9 Å². The SMILES string of the molecule is CSc1ccc(C[NH+](C)Cc2cc(=O)oc3c(C)c(O)ccc23)cc1. The zero-order valence-corrected chi connectivity index (χ0v) is 15.4. The number of phenolic OH excluding ortho intramolecular Hbond substituents is 1. The molecule has 1 heterocycles. The van der Waals surface area contributed by atoms with Gasteiger partial charge < -0.3 is 14.4 Å². The van der Waals surface area contributed by atoms with Gasteiger partial charge in [-0.25, -0.2) is 4.79 Å². The van der Waals surface area contributed by atoms with Gasteiger partial charge in [-0.2, -0.15) is 0 Å². The maximum atomic E-state index is 11.9. The highest BCUT2D eigenvalue weighted by Crippen LogP contribution is 2.27. The molecular weight excluding hydrogens is 334 g/mol. The van der Waals surface area contributed by atoms with E-state index in [9.17, 15) is 9.90 Å². The van der Waals surface area contributed by atoms with Crippen molar-refractivity contribution >= 4 is 22.7 Å². The number of aromatic hydroxyl groups is 1. The minimum atomic E-state index is -0.381. The molecule has 2 aromatic carbocycles. The Morgan fingerprint density at radius 3 is 2.52 bits per heavy atom. The number of rotatable bonds is 5. The second-order valence-corrected chi connectivity index (χ2v) is 7.22. The minimum Gasteiger partial charge on any atom is -0.508 e. The van der Waals surface area contributed by atoms with Gasteiger partial charge in [0.05, 0.1) is 7.05 Å². The lowest BCUT2D eigenvalue weighted by Gasteiger charge is -2.16. The number of hydrogen-bond acceptors (Lipinski definition) is 4. The Bertz CT molecular complexity index is 948. The molecule has 2 N–H and O–H groups in total. The van der Waals surface area contributed by atoms with Crippen molar-refractivity contribution in [1.29, 1.82) is 0 Å². The number of fused-ring (bicyclic) bond motifs is 1. The van der Waals surface area contributed by atoms with Crippen LogP contribution in [0.5, 0.6) is 5.75 Å². The second kappa shape index (κ2) is 7.33. The molecule has 0 amide bonds. The standard InChI is InChI=1S/C20H21NO3S/c1-13-18(22)9-8-17-15(10-19(23)24-20(13)17)12-21(2)11-14-4-6-16(25-3)7-5-14/h4-10,22H,11-12H2,1-3H3/p+1. The molecule has 0 aliphatic rings. The Hall–Kier alpha value is -2.24. The molecule has 3 rings (SSSR count). The first kappa shape index (κ1) is 17.6. The van der Waals surface area contributed by atoms with Gasteiger partial charge in [0.1, 0.15) is 24.4 Å². The zero-order valence-electron chi connectivity index (χ0n) is 14.6. The van der Waals surface area contributed by atoms with Crippen LogP contribution in [0.15, 0.2) is 56.6 Å². The molecule has 0 bridgehead atoms. The molecule has 4 nitrogen and oxygen atoms in total. The van der Waals surface area contributed by atoms with Crippen LogP contribution in [0.1, 0.15) is 16.7 Å². The van der Waals surface area contributed by atoms with Gasteiger partial charge in [0, 0.05) is 33.0 Å². The molecule has 0 saturated heterocycles. The van der Waals surface area contributed by atoms with E-state index in [0.29, 0.717) is 17.7 Å². The van der Waals surface area contributed by atoms with Crippen molar-refractivity contribution < 1.29 is 14.4 Å². The summed E-state index contributed by atoms with van der Waals surface area (Å²) in [7, 11) is 2.11. The van der Waals surface area contributed by atoms with Crippen LogP contribution in [0.25, 0.3) is 11.0 Å². The number of hydrogen-bond donors (Lipinski definition) is 2. The third kappa shape index (κ3) is 3.89. The van der Waals surface area contributed by atoms with Crippen LogP contribution in [0.3, 0.4) is 0 Å². The summed E-state index contributed by atoms with van der Waals surface area (Å²) in [6, 6.07) is 13.6. The molecular formula is C20H22NO3S+. The highest BCUT2D eigenvalue weighted by Gasteiger charge is 2.14. The van der Waals surface area contributed by atoms with E-state index in [1.807, 2.05) is 6.07 Å². The Labute approximate surface area is 151 Å². The van der Waals surface area contributed by atoms with Crippen molar-refractivity contribution in [1.82, 2.24) is 0 Å². The molecule has 0 spiro atoms. The number of benzene rings is 2. The summed E-state index contributed by atoms with van der Waals surface area (Å²) in [5.41, 5.74) is 2.89. The van der Waals surface area contributed by atoms with E-state index in [1.165, 1.54) is 15.4 Å². The summed E-state index contributed by atoms with van der Waals surface area (Å²) in [6.45, 7) is 3.33. The molecule has 1 atom stereocenters. The van der Waals surface area contributed by atoms with Crippen molar-refractivity contribution in [3.05, 3.63) is 69.6 Å². The highest BCUT2D eigenvalue weighted by molar-refractivity contribution is 7.98. The van der Waals surface area contributed by atoms with Crippen LogP contribution in [-0.2, 0) is 13.1 Å². The van der Waals surface area contributed by atoms with Crippen LogP contribution < -0.4 is 10.5 Å². The molecule has 130 valence electrons. The summed E-state index contributed by atoms with van der Waals surface area (Å²) in [6.07, 6.45) is 2.07. The van der Waals surface area contributed by atoms with Crippen LogP contribution in [0.2, 0.25) is 0 Å². The molecule has 25 heavy (non-hydrogen) atoms. The fraction of sp³-hybridized carbons (Fsp3) is 0.250. The third-order valence-corrected chi connectivity index (χ3v) is 5.12. The Morgan fingerprint density at radius 2 is 1.84 bits per heavy atom. The maximum Gasteiger partial charge on any atom is 0.336 e. The molecule has 0 radical (unpaired) electrons. The molecule has 0 aliphatic carbocycles. The van der Waals surface area contributed by atoms with Gasteiger partial charge in [0.25, 0.3) is 0 Å². The molecule has 0 saturated carbocycles. The normalized spacial score (nSPS) is 12.4. The summed E-state index contributed by atoms with van der Waals surface area (Å²) < 4.78 is 5.31. The largest absolute Gasteiger partial charge is 0.508 e. The highest BCUT2D eigenvalue weighted by atomic mass is 32.2. The van der Waals surface area contributed by atoms with Crippen LogP contribution in [0, 0.1) is 6.92 Å². The summed E-state index contributed by atoms with van der Waals surface area (Å²) in [5, 5.41) is 10.7. The first-order valence-electron chi connectivity index (χ1n) is 8.17. The van der Waals surface area contributed by atoms with Crippen molar-refractivity contribution in [3.8, 4) is 5.75 Å².